The number of rotatable bonds is 5. The quantitative estimate of drug-likeness (QED) is 0.774. The number of para-hydroxylation sites is 1. The summed E-state index contributed by atoms with van der Waals surface area (Å²) in [6, 6.07) is 9.45. The van der Waals surface area contributed by atoms with Crippen LogP contribution in [0, 0.1) is 0 Å². The van der Waals surface area contributed by atoms with E-state index in [1.807, 2.05) is 30.3 Å². The van der Waals surface area contributed by atoms with Crippen LogP contribution in [-0.2, 0) is 17.8 Å². The lowest BCUT2D eigenvalue weighted by atomic mass is 10.2. The average Bonchev–Trinajstić information content (AvgIpc) is 2.92. The number of carbonyl (C=O) groups is 1. The molecule has 0 fully saturated rings. The standard InChI is InChI=1S/C15H12N2O4/c18-14(19)7-11-8-21-13(17-11)9-20-12-5-1-3-10-4-2-6-16-15(10)12/h1-6,8H,7,9H2,(H,18,19). The number of nitrogens with zero attached hydrogens (tertiary/aromatic N) is 2. The summed E-state index contributed by atoms with van der Waals surface area (Å²) in [6.45, 7) is 0.120. The molecule has 0 spiro atoms. The molecule has 6 heteroatoms. The Morgan fingerprint density at radius 3 is 3.00 bits per heavy atom. The molecule has 0 aliphatic rings. The van der Waals surface area contributed by atoms with Gasteiger partial charge in [-0.15, -0.1) is 0 Å². The normalized spacial score (nSPS) is 10.7. The van der Waals surface area contributed by atoms with Crippen LogP contribution >= 0.6 is 0 Å². The fourth-order valence-corrected chi connectivity index (χ4v) is 1.98. The largest absolute Gasteiger partial charge is 0.482 e. The van der Waals surface area contributed by atoms with Crippen LogP contribution in [0.2, 0.25) is 0 Å². The third-order valence-electron chi connectivity index (χ3n) is 2.88. The van der Waals surface area contributed by atoms with Crippen molar-refractivity contribution in [1.82, 2.24) is 9.97 Å². The number of carboxylic acid groups (broad SMARTS) is 1. The molecule has 3 aromatic rings. The fourth-order valence-electron chi connectivity index (χ4n) is 1.98. The summed E-state index contributed by atoms with van der Waals surface area (Å²) in [5.41, 5.74) is 1.13. The molecule has 1 N–H and O–H groups in total. The van der Waals surface area contributed by atoms with Crippen molar-refractivity contribution in [3.05, 3.63) is 54.4 Å². The van der Waals surface area contributed by atoms with E-state index in [0.29, 0.717) is 17.3 Å². The summed E-state index contributed by atoms with van der Waals surface area (Å²) >= 11 is 0. The molecular formula is C15H12N2O4. The topological polar surface area (TPSA) is 85.5 Å². The third kappa shape index (κ3) is 3.00. The fraction of sp³-hybridized carbons (Fsp3) is 0.133. The molecule has 6 nitrogen and oxygen atoms in total. The summed E-state index contributed by atoms with van der Waals surface area (Å²) in [4.78, 5) is 18.9. The molecule has 2 aromatic heterocycles. The number of hydrogen-bond donors (Lipinski definition) is 1. The SMILES string of the molecule is O=C(O)Cc1coc(COc2cccc3cccnc23)n1. The number of aliphatic carboxylic acids is 1. The van der Waals surface area contributed by atoms with Gasteiger partial charge in [-0.2, -0.15) is 0 Å². The van der Waals surface area contributed by atoms with Crippen molar-refractivity contribution in [3.63, 3.8) is 0 Å². The lowest BCUT2D eigenvalue weighted by Gasteiger charge is -2.06. The molecule has 2 heterocycles. The van der Waals surface area contributed by atoms with Crippen LogP contribution in [0.1, 0.15) is 11.6 Å². The van der Waals surface area contributed by atoms with Crippen LogP contribution in [0.5, 0.6) is 5.75 Å². The van der Waals surface area contributed by atoms with E-state index in [9.17, 15) is 4.79 Å². The number of pyridine rings is 1. The van der Waals surface area contributed by atoms with Gasteiger partial charge in [-0.05, 0) is 12.1 Å². The molecule has 3 rings (SSSR count). The van der Waals surface area contributed by atoms with Crippen molar-refractivity contribution in [3.8, 4) is 5.75 Å². The number of hydrogen-bond acceptors (Lipinski definition) is 5. The van der Waals surface area contributed by atoms with E-state index in [0.717, 1.165) is 10.9 Å². The Hall–Kier alpha value is -2.89. The van der Waals surface area contributed by atoms with Crippen LogP contribution < -0.4 is 4.74 Å². The second-order valence-corrected chi connectivity index (χ2v) is 4.42. The van der Waals surface area contributed by atoms with Gasteiger partial charge in [0, 0.05) is 11.6 Å². The predicted molar refractivity (Wildman–Crippen MR) is 73.9 cm³/mol. The van der Waals surface area contributed by atoms with Crippen molar-refractivity contribution < 1.29 is 19.1 Å². The number of carboxylic acids is 1. The van der Waals surface area contributed by atoms with E-state index in [1.165, 1.54) is 6.26 Å². The first-order valence-corrected chi connectivity index (χ1v) is 6.34. The maximum absolute atomic E-state index is 10.6. The van der Waals surface area contributed by atoms with Crippen LogP contribution in [0.4, 0.5) is 0 Å². The van der Waals surface area contributed by atoms with E-state index in [4.69, 9.17) is 14.3 Å². The second-order valence-electron chi connectivity index (χ2n) is 4.42. The zero-order chi connectivity index (χ0) is 14.7. The van der Waals surface area contributed by atoms with Crippen LogP contribution in [-0.4, -0.2) is 21.0 Å². The number of aromatic nitrogens is 2. The Morgan fingerprint density at radius 2 is 2.14 bits per heavy atom. The van der Waals surface area contributed by atoms with Gasteiger partial charge in [0.2, 0.25) is 5.89 Å². The third-order valence-corrected chi connectivity index (χ3v) is 2.88. The molecule has 0 saturated carbocycles. The summed E-state index contributed by atoms with van der Waals surface area (Å²) in [7, 11) is 0. The summed E-state index contributed by atoms with van der Waals surface area (Å²) in [6.07, 6.45) is 2.86. The van der Waals surface area contributed by atoms with E-state index in [2.05, 4.69) is 9.97 Å². The van der Waals surface area contributed by atoms with Crippen molar-refractivity contribution in [1.29, 1.82) is 0 Å². The highest BCUT2D eigenvalue weighted by Gasteiger charge is 2.09. The van der Waals surface area contributed by atoms with Gasteiger partial charge >= 0.3 is 5.97 Å². The molecule has 0 saturated heterocycles. The number of benzene rings is 1. The second kappa shape index (κ2) is 5.62. The highest BCUT2D eigenvalue weighted by atomic mass is 16.5. The summed E-state index contributed by atoms with van der Waals surface area (Å²) in [5, 5.41) is 9.66. The van der Waals surface area contributed by atoms with Gasteiger partial charge in [0.15, 0.2) is 6.61 Å². The first-order valence-electron chi connectivity index (χ1n) is 6.34. The van der Waals surface area contributed by atoms with Crippen LogP contribution in [0.15, 0.2) is 47.2 Å². The van der Waals surface area contributed by atoms with Gasteiger partial charge in [0.1, 0.15) is 17.5 Å². The Balaban J connectivity index is 1.74. The monoisotopic (exact) mass is 284 g/mol. The molecule has 106 valence electrons. The van der Waals surface area contributed by atoms with E-state index >= 15 is 0 Å². The minimum Gasteiger partial charge on any atom is -0.482 e. The van der Waals surface area contributed by atoms with Gasteiger partial charge in [-0.1, -0.05) is 18.2 Å². The summed E-state index contributed by atoms with van der Waals surface area (Å²) in [5.74, 6) is 0.0132. The van der Waals surface area contributed by atoms with Crippen molar-refractivity contribution in [2.75, 3.05) is 0 Å². The van der Waals surface area contributed by atoms with Gasteiger partial charge in [-0.25, -0.2) is 4.98 Å². The Morgan fingerprint density at radius 1 is 1.29 bits per heavy atom. The minimum atomic E-state index is -0.950. The van der Waals surface area contributed by atoms with Gasteiger partial charge in [-0.3, -0.25) is 9.78 Å². The molecule has 0 atom stereocenters. The van der Waals surface area contributed by atoms with Crippen molar-refractivity contribution >= 4 is 16.9 Å². The molecule has 0 bridgehead atoms. The zero-order valence-electron chi connectivity index (χ0n) is 11.0. The summed E-state index contributed by atoms with van der Waals surface area (Å²) < 4.78 is 10.8. The molecule has 0 amide bonds. The van der Waals surface area contributed by atoms with Gasteiger partial charge in [0.25, 0.3) is 0 Å². The average molecular weight is 284 g/mol. The molecule has 0 aliphatic heterocycles. The molecule has 0 unspecified atom stereocenters. The van der Waals surface area contributed by atoms with Gasteiger partial charge in [0.05, 0.1) is 12.1 Å². The van der Waals surface area contributed by atoms with Crippen molar-refractivity contribution in [2.24, 2.45) is 0 Å². The Kier molecular flexibility index (Phi) is 3.51. The molecule has 0 radical (unpaired) electrons. The molecular weight excluding hydrogens is 272 g/mol. The molecule has 1 aromatic carbocycles. The number of fused-ring (bicyclic) bond motifs is 1. The highest BCUT2D eigenvalue weighted by molar-refractivity contribution is 5.84. The first-order chi connectivity index (χ1) is 10.2. The maximum Gasteiger partial charge on any atom is 0.309 e. The minimum absolute atomic E-state index is 0.120. The molecule has 21 heavy (non-hydrogen) atoms. The number of oxazole rings is 1. The van der Waals surface area contributed by atoms with E-state index in [-0.39, 0.29) is 13.0 Å². The highest BCUT2D eigenvalue weighted by Crippen LogP contribution is 2.23. The Labute approximate surface area is 120 Å². The smallest absolute Gasteiger partial charge is 0.309 e. The zero-order valence-corrected chi connectivity index (χ0v) is 11.0. The van der Waals surface area contributed by atoms with Crippen LogP contribution in [0.3, 0.4) is 0 Å². The lowest BCUT2D eigenvalue weighted by Crippen LogP contribution is -2.01. The van der Waals surface area contributed by atoms with E-state index < -0.39 is 5.97 Å². The number of ether oxygens (including phenoxy) is 1. The van der Waals surface area contributed by atoms with E-state index in [1.54, 1.807) is 6.20 Å². The maximum atomic E-state index is 10.6. The molecule has 0 aliphatic carbocycles. The Bertz CT molecular complexity index is 777. The first kappa shape index (κ1) is 13.1. The predicted octanol–water partition coefficient (Wildman–Crippen LogP) is 2.43. The lowest BCUT2D eigenvalue weighted by molar-refractivity contribution is -0.136. The van der Waals surface area contributed by atoms with Gasteiger partial charge < -0.3 is 14.3 Å². The van der Waals surface area contributed by atoms with Crippen molar-refractivity contribution in [2.45, 2.75) is 13.0 Å². The van der Waals surface area contributed by atoms with Crippen LogP contribution in [0.25, 0.3) is 10.9 Å².